The van der Waals surface area contributed by atoms with Gasteiger partial charge in [0.15, 0.2) is 0 Å². The van der Waals surface area contributed by atoms with Gasteiger partial charge in [-0.15, -0.1) is 0 Å². The number of rotatable bonds is 8. The van der Waals surface area contributed by atoms with E-state index in [1.165, 1.54) is 0 Å². The normalized spacial score (nSPS) is 10.5. The Labute approximate surface area is 151 Å². The molecule has 0 saturated carbocycles. The summed E-state index contributed by atoms with van der Waals surface area (Å²) in [6, 6.07) is 11.1. The monoisotopic (exact) mass is 352 g/mol. The van der Waals surface area contributed by atoms with E-state index in [2.05, 4.69) is 15.3 Å². The molecular weight excluding hydrogens is 332 g/mol. The first kappa shape index (κ1) is 17.6. The van der Waals surface area contributed by atoms with Crippen LogP contribution in [0.15, 0.2) is 61.3 Å². The molecule has 2 heterocycles. The maximum absolute atomic E-state index is 12.3. The lowest BCUT2D eigenvalue weighted by Crippen LogP contribution is -2.23. The van der Waals surface area contributed by atoms with Crippen molar-refractivity contribution in [3.05, 3.63) is 72.4 Å². The third kappa shape index (κ3) is 4.67. The molecule has 1 amide bonds. The number of carbonyl (C=O) groups excluding carboxylic acids is 1. The number of pyridine rings is 1. The Kier molecular flexibility index (Phi) is 5.95. The quantitative estimate of drug-likeness (QED) is 0.629. The number of benzene rings is 1. The van der Waals surface area contributed by atoms with Crippen LogP contribution in [0.2, 0.25) is 0 Å². The SMILES string of the molecule is COCCOc1cccc(CNC(=O)c2ccc(-n3ccnc3)nc2)c1. The maximum atomic E-state index is 12.3. The van der Waals surface area contributed by atoms with Crippen molar-refractivity contribution in [1.29, 1.82) is 0 Å². The molecule has 0 radical (unpaired) electrons. The topological polar surface area (TPSA) is 78.3 Å². The van der Waals surface area contributed by atoms with Gasteiger partial charge in [-0.05, 0) is 29.8 Å². The number of ether oxygens (including phenoxy) is 2. The smallest absolute Gasteiger partial charge is 0.253 e. The van der Waals surface area contributed by atoms with Crippen LogP contribution in [0.5, 0.6) is 5.75 Å². The molecule has 0 aliphatic heterocycles. The molecule has 0 unspecified atom stereocenters. The molecule has 0 fully saturated rings. The highest BCUT2D eigenvalue weighted by atomic mass is 16.5. The lowest BCUT2D eigenvalue weighted by Gasteiger charge is -2.09. The lowest BCUT2D eigenvalue weighted by atomic mass is 10.2. The molecule has 0 spiro atoms. The van der Waals surface area contributed by atoms with Crippen LogP contribution in [0.4, 0.5) is 0 Å². The first-order valence-electron chi connectivity index (χ1n) is 8.19. The lowest BCUT2D eigenvalue weighted by molar-refractivity contribution is 0.0950. The fraction of sp³-hybridized carbons (Fsp3) is 0.211. The summed E-state index contributed by atoms with van der Waals surface area (Å²) in [7, 11) is 1.63. The number of nitrogens with one attached hydrogen (secondary N) is 1. The largest absolute Gasteiger partial charge is 0.491 e. The predicted molar refractivity (Wildman–Crippen MR) is 96.3 cm³/mol. The molecule has 0 aliphatic carbocycles. The van der Waals surface area contributed by atoms with Crippen molar-refractivity contribution in [3.63, 3.8) is 0 Å². The van der Waals surface area contributed by atoms with E-state index < -0.39 is 0 Å². The van der Waals surface area contributed by atoms with E-state index in [-0.39, 0.29) is 5.91 Å². The summed E-state index contributed by atoms with van der Waals surface area (Å²) in [6.45, 7) is 1.42. The average molecular weight is 352 g/mol. The minimum absolute atomic E-state index is 0.180. The number of amides is 1. The van der Waals surface area contributed by atoms with Gasteiger partial charge in [-0.1, -0.05) is 12.1 Å². The van der Waals surface area contributed by atoms with Crippen LogP contribution in [0.1, 0.15) is 15.9 Å². The molecule has 7 heteroatoms. The number of hydrogen-bond acceptors (Lipinski definition) is 5. The van der Waals surface area contributed by atoms with Crippen LogP contribution < -0.4 is 10.1 Å². The van der Waals surface area contributed by atoms with Crippen molar-refractivity contribution >= 4 is 5.91 Å². The Morgan fingerprint density at radius 3 is 2.88 bits per heavy atom. The molecule has 26 heavy (non-hydrogen) atoms. The number of aromatic nitrogens is 3. The Bertz CT molecular complexity index is 832. The van der Waals surface area contributed by atoms with Gasteiger partial charge in [0, 0.05) is 32.2 Å². The summed E-state index contributed by atoms with van der Waals surface area (Å²) >= 11 is 0. The van der Waals surface area contributed by atoms with Gasteiger partial charge in [0.2, 0.25) is 0 Å². The zero-order valence-electron chi connectivity index (χ0n) is 14.5. The number of methoxy groups -OCH3 is 1. The van der Waals surface area contributed by atoms with E-state index in [0.29, 0.717) is 31.1 Å². The molecule has 0 saturated heterocycles. The van der Waals surface area contributed by atoms with Gasteiger partial charge >= 0.3 is 0 Å². The summed E-state index contributed by atoms with van der Waals surface area (Å²) in [5, 5.41) is 2.89. The fourth-order valence-electron chi connectivity index (χ4n) is 2.34. The molecule has 0 bridgehead atoms. The number of nitrogens with zero attached hydrogens (tertiary/aromatic N) is 3. The third-order valence-corrected chi connectivity index (χ3v) is 3.69. The van der Waals surface area contributed by atoms with E-state index >= 15 is 0 Å². The van der Waals surface area contributed by atoms with Crippen molar-refractivity contribution in [2.75, 3.05) is 20.3 Å². The zero-order chi connectivity index (χ0) is 18.2. The van der Waals surface area contributed by atoms with Gasteiger partial charge in [0.25, 0.3) is 5.91 Å². The van der Waals surface area contributed by atoms with Crippen molar-refractivity contribution in [3.8, 4) is 11.6 Å². The summed E-state index contributed by atoms with van der Waals surface area (Å²) in [4.78, 5) is 20.6. The Morgan fingerprint density at radius 2 is 2.15 bits per heavy atom. The average Bonchev–Trinajstić information content (AvgIpc) is 3.22. The van der Waals surface area contributed by atoms with Gasteiger partial charge in [0.05, 0.1) is 12.2 Å². The van der Waals surface area contributed by atoms with Gasteiger partial charge in [-0.25, -0.2) is 9.97 Å². The maximum Gasteiger partial charge on any atom is 0.253 e. The van der Waals surface area contributed by atoms with Crippen LogP contribution in [-0.4, -0.2) is 40.8 Å². The van der Waals surface area contributed by atoms with Gasteiger partial charge in [-0.3, -0.25) is 9.36 Å². The molecule has 3 rings (SSSR count). The standard InChI is InChI=1S/C19H20N4O3/c1-25-9-10-26-17-4-2-3-15(11-17)12-22-19(24)16-5-6-18(21-13-16)23-8-7-20-14-23/h2-8,11,13-14H,9-10,12H2,1H3,(H,22,24). The molecule has 2 aromatic heterocycles. The van der Waals surface area contributed by atoms with Crippen LogP contribution in [0, 0.1) is 0 Å². The second-order valence-corrected chi connectivity index (χ2v) is 5.55. The van der Waals surface area contributed by atoms with Crippen LogP contribution in [0.25, 0.3) is 5.82 Å². The summed E-state index contributed by atoms with van der Waals surface area (Å²) in [6.07, 6.45) is 6.68. The highest BCUT2D eigenvalue weighted by molar-refractivity contribution is 5.93. The van der Waals surface area contributed by atoms with E-state index in [1.54, 1.807) is 48.7 Å². The van der Waals surface area contributed by atoms with E-state index in [9.17, 15) is 4.79 Å². The highest BCUT2D eigenvalue weighted by Crippen LogP contribution is 2.13. The molecule has 0 atom stereocenters. The van der Waals surface area contributed by atoms with Crippen LogP contribution >= 0.6 is 0 Å². The Morgan fingerprint density at radius 1 is 1.23 bits per heavy atom. The summed E-state index contributed by atoms with van der Waals surface area (Å²) in [5.41, 5.74) is 1.46. The zero-order valence-corrected chi connectivity index (χ0v) is 14.5. The Hall–Kier alpha value is -3.19. The van der Waals surface area contributed by atoms with Crippen LogP contribution in [0.3, 0.4) is 0 Å². The first-order valence-corrected chi connectivity index (χ1v) is 8.19. The number of carbonyl (C=O) groups is 1. The van der Waals surface area contributed by atoms with Crippen molar-refractivity contribution < 1.29 is 14.3 Å². The van der Waals surface area contributed by atoms with Gasteiger partial charge in [-0.2, -0.15) is 0 Å². The molecule has 134 valence electrons. The second-order valence-electron chi connectivity index (χ2n) is 5.55. The first-order chi connectivity index (χ1) is 12.8. The molecule has 1 N–H and O–H groups in total. The number of hydrogen-bond donors (Lipinski definition) is 1. The van der Waals surface area contributed by atoms with Crippen molar-refractivity contribution in [2.45, 2.75) is 6.54 Å². The van der Waals surface area contributed by atoms with Crippen molar-refractivity contribution in [2.24, 2.45) is 0 Å². The third-order valence-electron chi connectivity index (χ3n) is 3.69. The summed E-state index contributed by atoms with van der Waals surface area (Å²) in [5.74, 6) is 1.28. The summed E-state index contributed by atoms with van der Waals surface area (Å²) < 4.78 is 12.3. The highest BCUT2D eigenvalue weighted by Gasteiger charge is 2.07. The predicted octanol–water partition coefficient (Wildman–Crippen LogP) is 2.22. The number of imidazole rings is 1. The molecule has 0 aliphatic rings. The van der Waals surface area contributed by atoms with Gasteiger partial charge < -0.3 is 14.8 Å². The van der Waals surface area contributed by atoms with Crippen molar-refractivity contribution in [1.82, 2.24) is 19.9 Å². The second kappa shape index (κ2) is 8.77. The molecule has 1 aromatic carbocycles. The van der Waals surface area contributed by atoms with E-state index in [0.717, 1.165) is 11.3 Å². The van der Waals surface area contributed by atoms with Gasteiger partial charge in [0.1, 0.15) is 24.5 Å². The van der Waals surface area contributed by atoms with E-state index in [1.807, 2.05) is 24.3 Å². The molecular formula is C19H20N4O3. The molecule has 3 aromatic rings. The minimum atomic E-state index is -0.180. The Balaban J connectivity index is 1.56. The van der Waals surface area contributed by atoms with E-state index in [4.69, 9.17) is 9.47 Å². The molecule has 7 nitrogen and oxygen atoms in total. The van der Waals surface area contributed by atoms with Crippen LogP contribution in [-0.2, 0) is 11.3 Å². The minimum Gasteiger partial charge on any atom is -0.491 e. The fourth-order valence-corrected chi connectivity index (χ4v) is 2.34.